The Bertz CT molecular complexity index is 638. The molecule has 1 fully saturated rings. The predicted molar refractivity (Wildman–Crippen MR) is 94.4 cm³/mol. The average Bonchev–Trinajstić information content (AvgIpc) is 3.08. The lowest BCUT2D eigenvalue weighted by atomic mass is 9.74. The Balaban J connectivity index is 1.67. The van der Waals surface area contributed by atoms with Gasteiger partial charge in [-0.15, -0.1) is 0 Å². The molecule has 0 bridgehead atoms. The zero-order valence-electron chi connectivity index (χ0n) is 14.7. The molecule has 1 aromatic rings. The summed E-state index contributed by atoms with van der Waals surface area (Å²) < 4.78 is 5.45. The molecule has 3 rings (SSSR count). The molecule has 1 aromatic carbocycles. The number of nitrogens with zero attached hydrogens (tertiary/aromatic N) is 1. The summed E-state index contributed by atoms with van der Waals surface area (Å²) in [6, 6.07) is 8.13. The summed E-state index contributed by atoms with van der Waals surface area (Å²) in [5, 5.41) is 16.1. The van der Waals surface area contributed by atoms with Crippen LogP contribution in [0.15, 0.2) is 29.4 Å². The smallest absolute Gasteiger partial charge is 0.226 e. The van der Waals surface area contributed by atoms with Crippen LogP contribution in [0.3, 0.4) is 0 Å². The van der Waals surface area contributed by atoms with Gasteiger partial charge in [0.1, 0.15) is 6.10 Å². The van der Waals surface area contributed by atoms with Gasteiger partial charge in [0.2, 0.25) is 5.91 Å². The molecule has 0 spiro atoms. The zero-order valence-corrected chi connectivity index (χ0v) is 14.7. The second-order valence-corrected chi connectivity index (χ2v) is 6.86. The van der Waals surface area contributed by atoms with Gasteiger partial charge in [-0.1, -0.05) is 29.4 Å². The van der Waals surface area contributed by atoms with Gasteiger partial charge in [-0.25, -0.2) is 0 Å². The van der Waals surface area contributed by atoms with E-state index in [-0.39, 0.29) is 25.2 Å². The molecule has 1 atom stereocenters. The molecular formula is C19H26N2O4. The number of ether oxygens (including phenoxy) is 1. The SMILES string of the molecule is Cc1ccccc1C1=NO[C@H](CC2(C(=O)NCCO)CCOCC2)C1. The van der Waals surface area contributed by atoms with Crippen LogP contribution in [0.2, 0.25) is 0 Å². The lowest BCUT2D eigenvalue weighted by Gasteiger charge is -2.36. The van der Waals surface area contributed by atoms with Gasteiger partial charge in [0, 0.05) is 38.2 Å². The molecule has 2 heterocycles. The molecule has 0 aliphatic carbocycles. The third-order valence-corrected chi connectivity index (χ3v) is 5.14. The van der Waals surface area contributed by atoms with Gasteiger partial charge in [-0.05, 0) is 25.3 Å². The number of nitrogens with one attached hydrogen (secondary N) is 1. The summed E-state index contributed by atoms with van der Waals surface area (Å²) in [5.41, 5.74) is 2.72. The van der Waals surface area contributed by atoms with E-state index in [1.165, 1.54) is 5.56 Å². The highest BCUT2D eigenvalue weighted by Crippen LogP contribution is 2.38. The van der Waals surface area contributed by atoms with E-state index in [0.29, 0.717) is 38.9 Å². The van der Waals surface area contributed by atoms with Crippen LogP contribution in [0.5, 0.6) is 0 Å². The first-order chi connectivity index (χ1) is 12.1. The minimum Gasteiger partial charge on any atom is -0.395 e. The van der Waals surface area contributed by atoms with E-state index in [9.17, 15) is 4.79 Å². The Hall–Kier alpha value is -1.92. The maximum absolute atomic E-state index is 12.7. The zero-order chi connectivity index (χ0) is 17.7. The van der Waals surface area contributed by atoms with E-state index in [2.05, 4.69) is 29.5 Å². The number of amides is 1. The summed E-state index contributed by atoms with van der Waals surface area (Å²) in [6.07, 6.45) is 2.56. The highest BCUT2D eigenvalue weighted by Gasteiger charge is 2.43. The van der Waals surface area contributed by atoms with Crippen molar-refractivity contribution < 1.29 is 19.5 Å². The normalized spacial score (nSPS) is 22.2. The Labute approximate surface area is 148 Å². The predicted octanol–water partition coefficient (Wildman–Crippen LogP) is 1.78. The Morgan fingerprint density at radius 3 is 2.84 bits per heavy atom. The van der Waals surface area contributed by atoms with Crippen LogP contribution in [0.25, 0.3) is 0 Å². The van der Waals surface area contributed by atoms with Crippen LogP contribution in [-0.4, -0.2) is 49.2 Å². The second-order valence-electron chi connectivity index (χ2n) is 6.86. The molecule has 6 nitrogen and oxygen atoms in total. The van der Waals surface area contributed by atoms with Crippen molar-refractivity contribution in [3.8, 4) is 0 Å². The molecule has 2 aliphatic rings. The van der Waals surface area contributed by atoms with Crippen LogP contribution in [0, 0.1) is 12.3 Å². The Morgan fingerprint density at radius 2 is 2.12 bits per heavy atom. The number of aryl methyl sites for hydroxylation is 1. The average molecular weight is 346 g/mol. The van der Waals surface area contributed by atoms with Crippen LogP contribution in [0.4, 0.5) is 0 Å². The van der Waals surface area contributed by atoms with E-state index in [0.717, 1.165) is 11.3 Å². The molecule has 1 saturated heterocycles. The van der Waals surface area contributed by atoms with E-state index < -0.39 is 5.41 Å². The van der Waals surface area contributed by atoms with Gasteiger partial charge < -0.3 is 20.0 Å². The number of rotatable bonds is 6. The van der Waals surface area contributed by atoms with E-state index in [1.807, 2.05) is 12.1 Å². The molecule has 2 aliphatic heterocycles. The van der Waals surface area contributed by atoms with Crippen molar-refractivity contribution in [2.45, 2.75) is 38.7 Å². The summed E-state index contributed by atoms with van der Waals surface area (Å²) in [4.78, 5) is 18.4. The van der Waals surface area contributed by atoms with Crippen molar-refractivity contribution >= 4 is 11.6 Å². The summed E-state index contributed by atoms with van der Waals surface area (Å²) in [5.74, 6) is -0.0159. The van der Waals surface area contributed by atoms with Crippen LogP contribution in [0.1, 0.15) is 36.8 Å². The Morgan fingerprint density at radius 1 is 1.36 bits per heavy atom. The van der Waals surface area contributed by atoms with E-state index in [1.54, 1.807) is 0 Å². The minimum atomic E-state index is -0.505. The van der Waals surface area contributed by atoms with Gasteiger partial charge in [-0.3, -0.25) is 4.79 Å². The highest BCUT2D eigenvalue weighted by molar-refractivity contribution is 6.02. The molecule has 136 valence electrons. The van der Waals surface area contributed by atoms with Gasteiger partial charge >= 0.3 is 0 Å². The van der Waals surface area contributed by atoms with Crippen LogP contribution >= 0.6 is 0 Å². The lowest BCUT2D eigenvalue weighted by molar-refractivity contribution is -0.140. The maximum Gasteiger partial charge on any atom is 0.226 e. The molecule has 25 heavy (non-hydrogen) atoms. The number of benzene rings is 1. The van der Waals surface area contributed by atoms with Crippen LogP contribution in [-0.2, 0) is 14.4 Å². The number of oxime groups is 1. The van der Waals surface area contributed by atoms with Crippen molar-refractivity contribution in [1.82, 2.24) is 5.32 Å². The number of carbonyl (C=O) groups is 1. The number of aliphatic hydroxyl groups excluding tert-OH is 1. The highest BCUT2D eigenvalue weighted by atomic mass is 16.6. The van der Waals surface area contributed by atoms with E-state index in [4.69, 9.17) is 14.7 Å². The summed E-state index contributed by atoms with van der Waals surface area (Å²) in [7, 11) is 0. The van der Waals surface area contributed by atoms with E-state index >= 15 is 0 Å². The van der Waals surface area contributed by atoms with Crippen molar-refractivity contribution in [3.63, 3.8) is 0 Å². The Kier molecular flexibility index (Phi) is 5.71. The molecule has 0 radical (unpaired) electrons. The first-order valence-corrected chi connectivity index (χ1v) is 8.90. The maximum atomic E-state index is 12.7. The van der Waals surface area contributed by atoms with Gasteiger partial charge in [0.15, 0.2) is 0 Å². The molecule has 0 saturated carbocycles. The van der Waals surface area contributed by atoms with Gasteiger partial charge in [0.05, 0.1) is 17.7 Å². The largest absolute Gasteiger partial charge is 0.395 e. The summed E-state index contributed by atoms with van der Waals surface area (Å²) >= 11 is 0. The number of aliphatic hydroxyl groups is 1. The quantitative estimate of drug-likeness (QED) is 0.823. The molecule has 6 heteroatoms. The fraction of sp³-hybridized carbons (Fsp3) is 0.579. The van der Waals surface area contributed by atoms with Gasteiger partial charge in [0.25, 0.3) is 0 Å². The first kappa shape index (κ1) is 17.9. The lowest BCUT2D eigenvalue weighted by Crippen LogP contribution is -2.47. The number of hydrogen-bond acceptors (Lipinski definition) is 5. The third-order valence-electron chi connectivity index (χ3n) is 5.14. The topological polar surface area (TPSA) is 80.2 Å². The molecule has 0 aromatic heterocycles. The van der Waals surface area contributed by atoms with Crippen LogP contribution < -0.4 is 5.32 Å². The third kappa shape index (κ3) is 4.02. The molecule has 1 amide bonds. The van der Waals surface area contributed by atoms with Crippen molar-refractivity contribution in [2.24, 2.45) is 10.6 Å². The molecule has 0 unspecified atom stereocenters. The molecule has 2 N–H and O–H groups in total. The molecular weight excluding hydrogens is 320 g/mol. The number of hydrogen-bond donors (Lipinski definition) is 2. The number of carbonyl (C=O) groups excluding carboxylic acids is 1. The second kappa shape index (κ2) is 7.97. The first-order valence-electron chi connectivity index (χ1n) is 8.90. The van der Waals surface area contributed by atoms with Crippen molar-refractivity contribution in [1.29, 1.82) is 0 Å². The standard InChI is InChI=1S/C19H26N2O4/c1-14-4-2-3-5-16(14)17-12-15(25-21-17)13-19(6-10-24-11-7-19)18(23)20-8-9-22/h2-5,15,22H,6-13H2,1H3,(H,20,23)/t15-/m0/s1. The van der Waals surface area contributed by atoms with Crippen molar-refractivity contribution in [2.75, 3.05) is 26.4 Å². The van der Waals surface area contributed by atoms with Gasteiger partial charge in [-0.2, -0.15) is 0 Å². The summed E-state index contributed by atoms with van der Waals surface area (Å²) in [6.45, 7) is 3.43. The minimum absolute atomic E-state index is 0.0159. The van der Waals surface area contributed by atoms with Crippen molar-refractivity contribution in [3.05, 3.63) is 35.4 Å². The fourth-order valence-corrected chi connectivity index (χ4v) is 3.67. The fourth-order valence-electron chi connectivity index (χ4n) is 3.67. The monoisotopic (exact) mass is 346 g/mol.